The van der Waals surface area contributed by atoms with Crippen molar-refractivity contribution in [1.29, 1.82) is 0 Å². The van der Waals surface area contributed by atoms with Crippen molar-refractivity contribution in [3.05, 3.63) is 0 Å². The fourth-order valence-electron chi connectivity index (χ4n) is 4.55. The van der Waals surface area contributed by atoms with Gasteiger partial charge in [-0.3, -0.25) is 4.79 Å². The summed E-state index contributed by atoms with van der Waals surface area (Å²) in [4.78, 5) is 16.4. The standard InChI is InChI=1S/C18H32N2O3/c1-19(2)11-17(21)20-10-16-4-3-7-18(16,13-20)14-23-12-15-5-8-22-9-6-15/h15-16H,3-14H2,1-2H3/t16-,18+/m1/s1. The van der Waals surface area contributed by atoms with Gasteiger partial charge in [-0.05, 0) is 51.6 Å². The monoisotopic (exact) mass is 324 g/mol. The van der Waals surface area contributed by atoms with Gasteiger partial charge < -0.3 is 19.3 Å². The first kappa shape index (κ1) is 17.2. The Hall–Kier alpha value is -0.650. The molecule has 3 rings (SSSR count). The maximum absolute atomic E-state index is 12.4. The smallest absolute Gasteiger partial charge is 0.236 e. The zero-order valence-corrected chi connectivity index (χ0v) is 14.8. The van der Waals surface area contributed by atoms with Gasteiger partial charge in [0.1, 0.15) is 0 Å². The average Bonchev–Trinajstić information content (AvgIpc) is 3.04. The van der Waals surface area contributed by atoms with E-state index in [1.165, 1.54) is 19.3 Å². The van der Waals surface area contributed by atoms with Crippen LogP contribution in [0.2, 0.25) is 0 Å². The molecule has 0 aromatic rings. The van der Waals surface area contributed by atoms with Gasteiger partial charge in [0.05, 0.1) is 13.2 Å². The number of amides is 1. The molecule has 132 valence electrons. The van der Waals surface area contributed by atoms with Gasteiger partial charge in [0.25, 0.3) is 0 Å². The highest BCUT2D eigenvalue weighted by Gasteiger charge is 2.50. The molecule has 0 bridgehead atoms. The summed E-state index contributed by atoms with van der Waals surface area (Å²) >= 11 is 0. The Bertz CT molecular complexity index is 409. The molecule has 0 unspecified atom stereocenters. The van der Waals surface area contributed by atoms with Crippen LogP contribution >= 0.6 is 0 Å². The van der Waals surface area contributed by atoms with Gasteiger partial charge in [-0.15, -0.1) is 0 Å². The van der Waals surface area contributed by atoms with E-state index in [2.05, 4.69) is 4.90 Å². The second kappa shape index (κ2) is 7.49. The minimum absolute atomic E-state index is 0.229. The SMILES string of the molecule is CN(C)CC(=O)N1C[C@H]2CCC[C@@]2(COCC2CCOCC2)C1. The van der Waals surface area contributed by atoms with E-state index < -0.39 is 0 Å². The van der Waals surface area contributed by atoms with E-state index in [1.807, 2.05) is 19.0 Å². The molecule has 0 aromatic carbocycles. The second-order valence-corrected chi connectivity index (χ2v) is 8.03. The van der Waals surface area contributed by atoms with E-state index in [-0.39, 0.29) is 11.3 Å². The molecule has 23 heavy (non-hydrogen) atoms. The number of carbonyl (C=O) groups excluding carboxylic acids is 1. The average molecular weight is 324 g/mol. The minimum Gasteiger partial charge on any atom is -0.381 e. The molecule has 5 nitrogen and oxygen atoms in total. The molecule has 0 radical (unpaired) electrons. The molecule has 2 aliphatic heterocycles. The lowest BCUT2D eigenvalue weighted by atomic mass is 9.81. The molecule has 1 saturated carbocycles. The molecule has 1 aliphatic carbocycles. The highest BCUT2D eigenvalue weighted by Crippen LogP contribution is 2.49. The lowest BCUT2D eigenvalue weighted by Gasteiger charge is -2.30. The molecule has 2 saturated heterocycles. The van der Waals surface area contributed by atoms with Gasteiger partial charge in [-0.2, -0.15) is 0 Å². The summed E-state index contributed by atoms with van der Waals surface area (Å²) in [6.07, 6.45) is 6.03. The Morgan fingerprint density at radius 2 is 2.09 bits per heavy atom. The molecular formula is C18H32N2O3. The number of hydrogen-bond donors (Lipinski definition) is 0. The van der Waals surface area contributed by atoms with Crippen LogP contribution in [0.15, 0.2) is 0 Å². The van der Waals surface area contributed by atoms with E-state index in [0.717, 1.165) is 52.4 Å². The van der Waals surface area contributed by atoms with Gasteiger partial charge in [0.15, 0.2) is 0 Å². The Kier molecular flexibility index (Phi) is 5.60. The molecular weight excluding hydrogens is 292 g/mol. The van der Waals surface area contributed by atoms with Crippen molar-refractivity contribution in [3.63, 3.8) is 0 Å². The summed E-state index contributed by atoms with van der Waals surface area (Å²) < 4.78 is 11.6. The first-order valence-corrected chi connectivity index (χ1v) is 9.17. The first-order chi connectivity index (χ1) is 11.1. The van der Waals surface area contributed by atoms with E-state index in [1.54, 1.807) is 0 Å². The lowest BCUT2D eigenvalue weighted by molar-refractivity contribution is -0.131. The van der Waals surface area contributed by atoms with Crippen LogP contribution in [0.5, 0.6) is 0 Å². The Labute approximate surface area is 140 Å². The van der Waals surface area contributed by atoms with Crippen LogP contribution in [-0.4, -0.2) is 75.9 Å². The van der Waals surface area contributed by atoms with Crippen LogP contribution in [0, 0.1) is 17.3 Å². The molecule has 2 atom stereocenters. The van der Waals surface area contributed by atoms with Crippen molar-refractivity contribution in [3.8, 4) is 0 Å². The normalized spacial score (nSPS) is 31.8. The third-order valence-electron chi connectivity index (χ3n) is 5.93. The van der Waals surface area contributed by atoms with Gasteiger partial charge in [0.2, 0.25) is 5.91 Å². The van der Waals surface area contributed by atoms with Crippen LogP contribution in [-0.2, 0) is 14.3 Å². The summed E-state index contributed by atoms with van der Waals surface area (Å²) in [5, 5.41) is 0. The summed E-state index contributed by atoms with van der Waals surface area (Å²) in [6.45, 7) is 5.82. The van der Waals surface area contributed by atoms with Crippen molar-refractivity contribution < 1.29 is 14.3 Å². The predicted octanol–water partition coefficient (Wildman–Crippen LogP) is 1.62. The number of hydrogen-bond acceptors (Lipinski definition) is 4. The molecule has 0 spiro atoms. The maximum Gasteiger partial charge on any atom is 0.236 e. The van der Waals surface area contributed by atoms with Crippen LogP contribution < -0.4 is 0 Å². The third kappa shape index (κ3) is 4.06. The van der Waals surface area contributed by atoms with Crippen molar-refractivity contribution >= 4 is 5.91 Å². The van der Waals surface area contributed by atoms with E-state index in [4.69, 9.17) is 9.47 Å². The van der Waals surface area contributed by atoms with Crippen molar-refractivity contribution in [1.82, 2.24) is 9.80 Å². The van der Waals surface area contributed by atoms with E-state index in [9.17, 15) is 4.79 Å². The lowest BCUT2D eigenvalue weighted by Crippen LogP contribution is -2.39. The van der Waals surface area contributed by atoms with Crippen molar-refractivity contribution in [2.75, 3.05) is 60.2 Å². The molecule has 1 amide bonds. The fraction of sp³-hybridized carbons (Fsp3) is 0.944. The third-order valence-corrected chi connectivity index (χ3v) is 5.93. The van der Waals surface area contributed by atoms with Crippen LogP contribution in [0.3, 0.4) is 0 Å². The quantitative estimate of drug-likeness (QED) is 0.745. The summed E-state index contributed by atoms with van der Waals surface area (Å²) in [5.74, 6) is 1.57. The topological polar surface area (TPSA) is 42.0 Å². The second-order valence-electron chi connectivity index (χ2n) is 8.03. The van der Waals surface area contributed by atoms with Crippen LogP contribution in [0.1, 0.15) is 32.1 Å². The number of fused-ring (bicyclic) bond motifs is 1. The number of nitrogens with zero attached hydrogens (tertiary/aromatic N) is 2. The van der Waals surface area contributed by atoms with Crippen molar-refractivity contribution in [2.45, 2.75) is 32.1 Å². The maximum atomic E-state index is 12.4. The Morgan fingerprint density at radius 3 is 2.83 bits per heavy atom. The number of ether oxygens (including phenoxy) is 2. The van der Waals surface area contributed by atoms with Crippen LogP contribution in [0.4, 0.5) is 0 Å². The number of carbonyl (C=O) groups is 1. The number of rotatable bonds is 6. The predicted molar refractivity (Wildman–Crippen MR) is 89.3 cm³/mol. The largest absolute Gasteiger partial charge is 0.381 e. The summed E-state index contributed by atoms with van der Waals surface area (Å²) in [7, 11) is 3.92. The Morgan fingerprint density at radius 1 is 1.30 bits per heavy atom. The van der Waals surface area contributed by atoms with Gasteiger partial charge >= 0.3 is 0 Å². The van der Waals surface area contributed by atoms with E-state index >= 15 is 0 Å². The summed E-state index contributed by atoms with van der Waals surface area (Å²) in [5.41, 5.74) is 0.229. The fourth-order valence-corrected chi connectivity index (χ4v) is 4.55. The van der Waals surface area contributed by atoms with Gasteiger partial charge in [-0.1, -0.05) is 6.42 Å². The summed E-state index contributed by atoms with van der Waals surface area (Å²) in [6, 6.07) is 0. The molecule has 3 aliphatic rings. The zero-order valence-electron chi connectivity index (χ0n) is 14.8. The molecule has 3 fully saturated rings. The van der Waals surface area contributed by atoms with Crippen LogP contribution in [0.25, 0.3) is 0 Å². The minimum atomic E-state index is 0.229. The van der Waals surface area contributed by atoms with Gasteiger partial charge in [-0.25, -0.2) is 0 Å². The van der Waals surface area contributed by atoms with E-state index in [0.29, 0.717) is 18.4 Å². The first-order valence-electron chi connectivity index (χ1n) is 9.17. The molecule has 0 aromatic heterocycles. The molecule has 2 heterocycles. The number of likely N-dealkylation sites (tertiary alicyclic amines) is 1. The highest BCUT2D eigenvalue weighted by atomic mass is 16.5. The number of likely N-dealkylation sites (N-methyl/N-ethyl adjacent to an activating group) is 1. The van der Waals surface area contributed by atoms with Gasteiger partial charge in [0, 0.05) is 38.3 Å². The molecule has 0 N–H and O–H groups in total. The molecule has 5 heteroatoms. The Balaban J connectivity index is 1.51. The zero-order chi connectivity index (χ0) is 16.3. The van der Waals surface area contributed by atoms with Crippen molar-refractivity contribution in [2.24, 2.45) is 17.3 Å². The highest BCUT2D eigenvalue weighted by molar-refractivity contribution is 5.78.